The maximum absolute atomic E-state index is 5.98. The molecule has 164 valence electrons. The van der Waals surface area contributed by atoms with Crippen LogP contribution in [0.4, 0.5) is 5.69 Å². The summed E-state index contributed by atoms with van der Waals surface area (Å²) >= 11 is 3.69. The van der Waals surface area contributed by atoms with Gasteiger partial charge in [-0.1, -0.05) is 39.3 Å². The lowest BCUT2D eigenvalue weighted by molar-refractivity contribution is 0.366. The van der Waals surface area contributed by atoms with Gasteiger partial charge in [-0.2, -0.15) is 4.98 Å². The van der Waals surface area contributed by atoms with Gasteiger partial charge in [0.2, 0.25) is 0 Å². The van der Waals surface area contributed by atoms with Crippen LogP contribution in [0.15, 0.2) is 56.7 Å². The van der Waals surface area contributed by atoms with E-state index in [0.717, 1.165) is 46.4 Å². The van der Waals surface area contributed by atoms with Gasteiger partial charge in [0.25, 0.3) is 5.89 Å². The van der Waals surface area contributed by atoms with Crippen molar-refractivity contribution in [3.8, 4) is 0 Å². The first-order chi connectivity index (χ1) is 15.4. The Morgan fingerprint density at radius 3 is 2.53 bits per heavy atom. The molecule has 5 rings (SSSR count). The molecule has 0 atom stereocenters. The molecule has 0 radical (unpaired) electrons. The Kier molecular flexibility index (Phi) is 5.41. The van der Waals surface area contributed by atoms with Crippen LogP contribution >= 0.6 is 15.9 Å². The first kappa shape index (κ1) is 21.0. The van der Waals surface area contributed by atoms with Crippen molar-refractivity contribution in [1.82, 2.24) is 10.1 Å². The number of anilines is 1. The summed E-state index contributed by atoms with van der Waals surface area (Å²) < 4.78 is 12.6. The lowest BCUT2D eigenvalue weighted by atomic mass is 10.0. The fourth-order valence-electron chi connectivity index (χ4n) is 4.33. The van der Waals surface area contributed by atoms with Gasteiger partial charge < -0.3 is 14.2 Å². The van der Waals surface area contributed by atoms with Gasteiger partial charge in [-0.05, 0) is 74.1 Å². The van der Waals surface area contributed by atoms with Crippen LogP contribution in [-0.2, 0) is 11.3 Å². The van der Waals surface area contributed by atoms with Gasteiger partial charge in [-0.25, -0.2) is 0 Å². The van der Waals surface area contributed by atoms with E-state index in [0.29, 0.717) is 18.1 Å². The molecule has 1 fully saturated rings. The largest absolute Gasteiger partial charge is 0.496 e. The second-order valence-electron chi connectivity index (χ2n) is 8.55. The Hall–Kier alpha value is -2.86. The predicted molar refractivity (Wildman–Crippen MR) is 130 cm³/mol. The second kappa shape index (κ2) is 8.24. The Bertz CT molecular complexity index is 1270. The molecule has 0 amide bonds. The molecule has 6 heteroatoms. The highest BCUT2D eigenvalue weighted by Gasteiger charge is 2.33. The zero-order valence-corrected chi connectivity index (χ0v) is 20.4. The molecule has 2 aromatic carbocycles. The van der Waals surface area contributed by atoms with Crippen LogP contribution in [0.5, 0.6) is 0 Å². The summed E-state index contributed by atoms with van der Waals surface area (Å²) in [6, 6.07) is 13.1. The Labute approximate surface area is 196 Å². The molecule has 1 saturated carbocycles. The van der Waals surface area contributed by atoms with Gasteiger partial charge >= 0.3 is 0 Å². The minimum Gasteiger partial charge on any atom is -0.496 e. The maximum Gasteiger partial charge on any atom is 0.257 e. The summed E-state index contributed by atoms with van der Waals surface area (Å²) in [5, 5.41) is 4.04. The quantitative estimate of drug-likeness (QED) is 0.404. The molecule has 5 nitrogen and oxygen atoms in total. The number of hydrogen-bond donors (Lipinski definition) is 0. The number of rotatable bonds is 4. The lowest BCUT2D eigenvalue weighted by Crippen LogP contribution is -2.22. The number of nitrogens with zero attached hydrogens (tertiary/aromatic N) is 3. The van der Waals surface area contributed by atoms with E-state index in [-0.39, 0.29) is 0 Å². The summed E-state index contributed by atoms with van der Waals surface area (Å²) in [6.07, 6.45) is 2.94. The minimum atomic E-state index is 0.528. The molecule has 3 aromatic rings. The van der Waals surface area contributed by atoms with Crippen molar-refractivity contribution < 1.29 is 9.26 Å². The number of aromatic nitrogens is 2. The van der Waals surface area contributed by atoms with Crippen molar-refractivity contribution in [2.45, 2.75) is 46.6 Å². The van der Waals surface area contributed by atoms with Crippen LogP contribution in [-0.4, -0.2) is 17.3 Å². The number of ether oxygens (including phenoxy) is 1. The van der Waals surface area contributed by atoms with Gasteiger partial charge in [0.15, 0.2) is 5.82 Å². The molecule has 0 N–H and O–H groups in total. The lowest BCUT2D eigenvalue weighted by Gasteiger charge is -2.28. The number of allylic oxidation sites excluding steroid dienone is 2. The van der Waals surface area contributed by atoms with E-state index < -0.39 is 0 Å². The first-order valence-corrected chi connectivity index (χ1v) is 11.7. The summed E-state index contributed by atoms with van der Waals surface area (Å²) in [4.78, 5) is 6.99. The summed E-state index contributed by atoms with van der Waals surface area (Å²) in [6.45, 7) is 6.96. The Balaban J connectivity index is 1.70. The van der Waals surface area contributed by atoms with Crippen LogP contribution in [0.25, 0.3) is 11.3 Å². The molecule has 1 aliphatic carbocycles. The molecule has 1 aromatic heterocycles. The first-order valence-electron chi connectivity index (χ1n) is 10.9. The van der Waals surface area contributed by atoms with E-state index in [2.05, 4.69) is 81.2 Å². The predicted octanol–water partition coefficient (Wildman–Crippen LogP) is 6.73. The summed E-state index contributed by atoms with van der Waals surface area (Å²) in [5.41, 5.74) is 9.78. The molecule has 0 saturated heterocycles. The van der Waals surface area contributed by atoms with Crippen LogP contribution < -0.4 is 4.90 Å². The van der Waals surface area contributed by atoms with E-state index in [1.165, 1.54) is 28.0 Å². The smallest absolute Gasteiger partial charge is 0.257 e. The third-order valence-corrected chi connectivity index (χ3v) is 6.74. The normalized spacial score (nSPS) is 15.7. The van der Waals surface area contributed by atoms with Gasteiger partial charge in [0.05, 0.1) is 18.4 Å². The average Bonchev–Trinajstić information content (AvgIpc) is 3.54. The van der Waals surface area contributed by atoms with Crippen LogP contribution in [0, 0.1) is 20.8 Å². The number of methoxy groups -OCH3 is 1. The number of benzene rings is 2. The molecule has 0 unspecified atom stereocenters. The van der Waals surface area contributed by atoms with Crippen molar-refractivity contribution in [2.24, 2.45) is 0 Å². The highest BCUT2D eigenvalue weighted by atomic mass is 79.9. The van der Waals surface area contributed by atoms with E-state index in [9.17, 15) is 0 Å². The molecular formula is C26H26BrN3O2. The van der Waals surface area contributed by atoms with Gasteiger partial charge in [-0.3, -0.25) is 0 Å². The molecule has 2 aliphatic rings. The van der Waals surface area contributed by atoms with E-state index in [1.807, 2.05) is 6.92 Å². The van der Waals surface area contributed by atoms with Crippen molar-refractivity contribution in [1.29, 1.82) is 0 Å². The Morgan fingerprint density at radius 1 is 1.06 bits per heavy atom. The van der Waals surface area contributed by atoms with Crippen LogP contribution in [0.3, 0.4) is 0 Å². The number of halogens is 1. The number of hydrogen-bond acceptors (Lipinski definition) is 5. The van der Waals surface area contributed by atoms with Crippen molar-refractivity contribution in [3.63, 3.8) is 0 Å². The van der Waals surface area contributed by atoms with Crippen LogP contribution in [0.1, 0.15) is 53.2 Å². The third kappa shape index (κ3) is 3.88. The van der Waals surface area contributed by atoms with Gasteiger partial charge in [-0.15, -0.1) is 0 Å². The van der Waals surface area contributed by atoms with Gasteiger partial charge in [0, 0.05) is 28.7 Å². The van der Waals surface area contributed by atoms with E-state index in [1.54, 1.807) is 7.11 Å². The van der Waals surface area contributed by atoms with Crippen molar-refractivity contribution in [3.05, 3.63) is 86.1 Å². The Morgan fingerprint density at radius 2 is 1.88 bits per heavy atom. The average molecular weight is 492 g/mol. The standard InChI is InChI=1S/C26H26BrN3O2/c1-15-5-6-18(11-16(15)2)14-30-23(19-7-8-19)13-22(26-28-17(3)29-32-26)25(31-4)21-10-9-20(27)12-24(21)30/h5-6,9-12H,7-8,13-14H2,1-4H3. The van der Waals surface area contributed by atoms with Crippen LogP contribution in [0.2, 0.25) is 0 Å². The monoisotopic (exact) mass is 491 g/mol. The number of fused-ring (bicyclic) bond motifs is 1. The fourth-order valence-corrected chi connectivity index (χ4v) is 4.68. The van der Waals surface area contributed by atoms with E-state index in [4.69, 9.17) is 9.26 Å². The SMILES string of the molecule is COC1=C(c2nc(C)no2)CC(=C2CC2)N(Cc2ccc(C)c(C)c2)c2cc(Br)ccc21. The van der Waals surface area contributed by atoms with Crippen molar-refractivity contribution in [2.75, 3.05) is 12.0 Å². The fraction of sp³-hybridized carbons (Fsp3) is 0.308. The topological polar surface area (TPSA) is 51.4 Å². The molecule has 2 heterocycles. The highest BCUT2D eigenvalue weighted by Crippen LogP contribution is 2.47. The second-order valence-corrected chi connectivity index (χ2v) is 9.47. The van der Waals surface area contributed by atoms with E-state index >= 15 is 0 Å². The minimum absolute atomic E-state index is 0.528. The number of aryl methyl sites for hydroxylation is 3. The molecular weight excluding hydrogens is 466 g/mol. The summed E-state index contributed by atoms with van der Waals surface area (Å²) in [5.74, 6) is 1.94. The molecule has 32 heavy (non-hydrogen) atoms. The maximum atomic E-state index is 5.98. The third-order valence-electron chi connectivity index (χ3n) is 6.25. The zero-order valence-electron chi connectivity index (χ0n) is 18.8. The molecule has 0 bridgehead atoms. The highest BCUT2D eigenvalue weighted by molar-refractivity contribution is 9.10. The van der Waals surface area contributed by atoms with Crippen molar-refractivity contribution >= 4 is 32.9 Å². The molecule has 1 aliphatic heterocycles. The zero-order chi connectivity index (χ0) is 22.4. The summed E-state index contributed by atoms with van der Waals surface area (Å²) in [7, 11) is 1.72. The molecule has 0 spiro atoms. The van der Waals surface area contributed by atoms with Gasteiger partial charge in [0.1, 0.15) is 5.76 Å².